The third-order valence-electron chi connectivity index (χ3n) is 4.06. The molecule has 0 saturated carbocycles. The fourth-order valence-electron chi connectivity index (χ4n) is 3.01. The summed E-state index contributed by atoms with van der Waals surface area (Å²) in [6, 6.07) is 23.7. The minimum absolute atomic E-state index is 0.142. The molecule has 1 aromatic heterocycles. The minimum Gasteiger partial charge on any atom is -0.455 e. The van der Waals surface area contributed by atoms with Crippen molar-refractivity contribution in [1.82, 2.24) is 0 Å². The van der Waals surface area contributed by atoms with E-state index in [1.54, 1.807) is 30.3 Å². The molecule has 0 fully saturated rings. The van der Waals surface area contributed by atoms with Gasteiger partial charge in [-0.25, -0.2) is 0 Å². The molecule has 4 nitrogen and oxygen atoms in total. The highest BCUT2D eigenvalue weighted by molar-refractivity contribution is 7.86. The van der Waals surface area contributed by atoms with Gasteiger partial charge in [0, 0.05) is 10.9 Å². The number of fused-ring (bicyclic) bond motifs is 1. The van der Waals surface area contributed by atoms with Crippen LogP contribution >= 0.6 is 0 Å². The SMILES string of the molecule is O=S(=O)(O)c1c(-c2ccccc2-c2ccccc2)oc2ccccc12. The number of hydrogen-bond acceptors (Lipinski definition) is 3. The second-order valence-corrected chi connectivity index (χ2v) is 7.00. The minimum atomic E-state index is -4.46. The predicted octanol–water partition coefficient (Wildman–Crippen LogP) is 5.01. The fraction of sp³-hybridized carbons (Fsp3) is 0. The van der Waals surface area contributed by atoms with Gasteiger partial charge in [0.1, 0.15) is 10.5 Å². The van der Waals surface area contributed by atoms with E-state index >= 15 is 0 Å². The Morgan fingerprint density at radius 1 is 0.720 bits per heavy atom. The summed E-state index contributed by atoms with van der Waals surface area (Å²) in [7, 11) is -4.46. The van der Waals surface area contributed by atoms with Gasteiger partial charge in [0.2, 0.25) is 0 Å². The zero-order valence-corrected chi connectivity index (χ0v) is 13.9. The van der Waals surface area contributed by atoms with E-state index in [-0.39, 0.29) is 10.7 Å². The molecule has 4 rings (SSSR count). The molecule has 25 heavy (non-hydrogen) atoms. The summed E-state index contributed by atoms with van der Waals surface area (Å²) in [6.07, 6.45) is 0. The van der Waals surface area contributed by atoms with E-state index in [9.17, 15) is 13.0 Å². The second-order valence-electron chi connectivity index (χ2n) is 5.64. The van der Waals surface area contributed by atoms with Crippen LogP contribution in [0, 0.1) is 0 Å². The van der Waals surface area contributed by atoms with E-state index in [1.165, 1.54) is 0 Å². The normalized spacial score (nSPS) is 11.7. The molecule has 0 atom stereocenters. The molecular weight excluding hydrogens is 336 g/mol. The van der Waals surface area contributed by atoms with Gasteiger partial charge in [-0.2, -0.15) is 8.42 Å². The van der Waals surface area contributed by atoms with Crippen LogP contribution in [0.3, 0.4) is 0 Å². The Bertz CT molecular complexity index is 1160. The standard InChI is InChI=1S/C20H14O4S/c21-25(22,23)20-17-12-6-7-13-18(17)24-19(20)16-11-5-4-10-15(16)14-8-2-1-3-9-14/h1-13H,(H,21,22,23). The molecule has 0 spiro atoms. The Kier molecular flexibility index (Phi) is 3.67. The molecule has 4 aromatic rings. The molecule has 0 bridgehead atoms. The van der Waals surface area contributed by atoms with Crippen molar-refractivity contribution >= 4 is 21.1 Å². The van der Waals surface area contributed by atoms with Gasteiger partial charge >= 0.3 is 0 Å². The predicted molar refractivity (Wildman–Crippen MR) is 96.9 cm³/mol. The lowest BCUT2D eigenvalue weighted by atomic mass is 9.98. The first kappa shape index (κ1) is 15.6. The lowest BCUT2D eigenvalue weighted by Crippen LogP contribution is -1.99. The van der Waals surface area contributed by atoms with Gasteiger partial charge in [0.05, 0.1) is 0 Å². The molecule has 0 aliphatic carbocycles. The van der Waals surface area contributed by atoms with Gasteiger partial charge in [-0.1, -0.05) is 66.7 Å². The van der Waals surface area contributed by atoms with E-state index in [2.05, 4.69) is 0 Å². The van der Waals surface area contributed by atoms with E-state index < -0.39 is 10.1 Å². The van der Waals surface area contributed by atoms with Crippen LogP contribution in [-0.2, 0) is 10.1 Å². The molecular formula is C20H14O4S. The topological polar surface area (TPSA) is 67.5 Å². The van der Waals surface area contributed by atoms with Gasteiger partial charge in [-0.3, -0.25) is 4.55 Å². The van der Waals surface area contributed by atoms with Gasteiger partial charge in [-0.05, 0) is 23.3 Å². The van der Waals surface area contributed by atoms with E-state index in [0.717, 1.165) is 11.1 Å². The molecule has 0 aliphatic heterocycles. The van der Waals surface area contributed by atoms with Crippen LogP contribution in [0.1, 0.15) is 0 Å². The molecule has 0 radical (unpaired) electrons. The maximum Gasteiger partial charge on any atom is 0.299 e. The summed E-state index contributed by atoms with van der Waals surface area (Å²) in [4.78, 5) is -0.202. The molecule has 0 unspecified atom stereocenters. The summed E-state index contributed by atoms with van der Waals surface area (Å²) in [6.45, 7) is 0. The van der Waals surface area contributed by atoms with Crippen LogP contribution in [0.25, 0.3) is 33.4 Å². The van der Waals surface area contributed by atoms with Crippen LogP contribution in [0.15, 0.2) is 88.2 Å². The van der Waals surface area contributed by atoms with Gasteiger partial charge < -0.3 is 4.42 Å². The summed E-state index contributed by atoms with van der Waals surface area (Å²) in [5, 5.41) is 0.364. The Morgan fingerprint density at radius 2 is 1.32 bits per heavy atom. The molecule has 0 aliphatic rings. The number of benzene rings is 3. The molecule has 1 heterocycles. The fourth-order valence-corrected chi connectivity index (χ4v) is 3.84. The van der Waals surface area contributed by atoms with Gasteiger partial charge in [0.25, 0.3) is 10.1 Å². The third-order valence-corrected chi connectivity index (χ3v) is 4.99. The number of furan rings is 1. The Labute approximate surface area is 145 Å². The summed E-state index contributed by atoms with van der Waals surface area (Å²) < 4.78 is 39.7. The summed E-state index contributed by atoms with van der Waals surface area (Å²) in [5.74, 6) is 0.142. The van der Waals surface area contributed by atoms with Crippen molar-refractivity contribution in [3.8, 4) is 22.5 Å². The van der Waals surface area contributed by atoms with Crippen molar-refractivity contribution in [1.29, 1.82) is 0 Å². The molecule has 0 saturated heterocycles. The molecule has 5 heteroatoms. The highest BCUT2D eigenvalue weighted by Crippen LogP contribution is 2.40. The Hall–Kier alpha value is -2.89. The lowest BCUT2D eigenvalue weighted by Gasteiger charge is -2.09. The lowest BCUT2D eigenvalue weighted by molar-refractivity contribution is 0.482. The van der Waals surface area contributed by atoms with Crippen LogP contribution < -0.4 is 0 Å². The number of rotatable bonds is 3. The quantitative estimate of drug-likeness (QED) is 0.527. The maximum absolute atomic E-state index is 12.0. The summed E-state index contributed by atoms with van der Waals surface area (Å²) >= 11 is 0. The van der Waals surface area contributed by atoms with Crippen molar-refractivity contribution in [2.45, 2.75) is 4.90 Å². The van der Waals surface area contributed by atoms with Crippen molar-refractivity contribution in [3.63, 3.8) is 0 Å². The van der Waals surface area contributed by atoms with Crippen molar-refractivity contribution in [2.24, 2.45) is 0 Å². The van der Waals surface area contributed by atoms with Crippen molar-refractivity contribution < 1.29 is 17.4 Å². The monoisotopic (exact) mass is 350 g/mol. The average molecular weight is 350 g/mol. The Morgan fingerprint density at radius 3 is 2.04 bits per heavy atom. The van der Waals surface area contributed by atoms with E-state index in [1.807, 2.05) is 48.5 Å². The molecule has 1 N–H and O–H groups in total. The zero-order chi connectivity index (χ0) is 17.4. The first-order chi connectivity index (χ1) is 12.1. The zero-order valence-electron chi connectivity index (χ0n) is 13.1. The smallest absolute Gasteiger partial charge is 0.299 e. The first-order valence-electron chi connectivity index (χ1n) is 7.69. The molecule has 3 aromatic carbocycles. The van der Waals surface area contributed by atoms with Crippen LogP contribution in [-0.4, -0.2) is 13.0 Å². The average Bonchev–Trinajstić information content (AvgIpc) is 3.02. The van der Waals surface area contributed by atoms with Gasteiger partial charge in [0.15, 0.2) is 5.76 Å². The highest BCUT2D eigenvalue weighted by Gasteiger charge is 2.26. The third kappa shape index (κ3) is 2.73. The largest absolute Gasteiger partial charge is 0.455 e. The van der Waals surface area contributed by atoms with Gasteiger partial charge in [-0.15, -0.1) is 0 Å². The van der Waals surface area contributed by atoms with E-state index in [0.29, 0.717) is 16.5 Å². The second kappa shape index (κ2) is 5.88. The van der Waals surface area contributed by atoms with Crippen LogP contribution in [0.2, 0.25) is 0 Å². The Balaban J connectivity index is 2.08. The number of para-hydroxylation sites is 1. The van der Waals surface area contributed by atoms with Crippen molar-refractivity contribution in [3.05, 3.63) is 78.9 Å². The maximum atomic E-state index is 12.0. The number of hydrogen-bond donors (Lipinski definition) is 1. The van der Waals surface area contributed by atoms with Crippen LogP contribution in [0.5, 0.6) is 0 Å². The highest BCUT2D eigenvalue weighted by atomic mass is 32.2. The first-order valence-corrected chi connectivity index (χ1v) is 9.13. The molecule has 0 amide bonds. The summed E-state index contributed by atoms with van der Waals surface area (Å²) in [5.41, 5.74) is 2.78. The van der Waals surface area contributed by atoms with Crippen LogP contribution in [0.4, 0.5) is 0 Å². The van der Waals surface area contributed by atoms with E-state index in [4.69, 9.17) is 4.42 Å². The van der Waals surface area contributed by atoms with Crippen molar-refractivity contribution in [2.75, 3.05) is 0 Å². The molecule has 124 valence electrons.